The maximum absolute atomic E-state index is 13.3. The van der Waals surface area contributed by atoms with Crippen LogP contribution in [-0.4, -0.2) is 94.6 Å². The second-order valence-electron chi connectivity index (χ2n) is 10.5. The number of hydrogen-bond acceptors (Lipinski definition) is 7. The molecule has 13 heteroatoms. The standard InChI is InChI=1S/C31H39F3N4O5S/c1-23(36-44(3,41)42)21-27(9-5-19-39)35-30(40)25-11-13-28(24-7-4-8-26(12-10-24)31(32,33)34)29(22-25)43-20-6-14-38-17-15-37(2)16-18-38/h5,7-13,21-22,36,39H,1,4,6,14-20H2,2-3H3,(H,35,40)/b9-5-,27-21+. The summed E-state index contributed by atoms with van der Waals surface area (Å²) < 4.78 is 71.4. The van der Waals surface area contributed by atoms with Gasteiger partial charge in [-0.05, 0) is 61.9 Å². The van der Waals surface area contributed by atoms with Gasteiger partial charge in [-0.25, -0.2) is 8.42 Å². The number of hydrogen-bond donors (Lipinski definition) is 3. The highest BCUT2D eigenvalue weighted by molar-refractivity contribution is 7.88. The minimum atomic E-state index is -4.47. The molecule has 1 amide bonds. The molecule has 1 aliphatic carbocycles. The van der Waals surface area contributed by atoms with Crippen molar-refractivity contribution in [2.75, 3.05) is 59.2 Å². The van der Waals surface area contributed by atoms with Gasteiger partial charge in [0.1, 0.15) is 5.75 Å². The van der Waals surface area contributed by atoms with Gasteiger partial charge in [0.2, 0.25) is 10.0 Å². The number of aliphatic hydroxyl groups excluding tert-OH is 1. The van der Waals surface area contributed by atoms with Crippen LogP contribution in [0.3, 0.4) is 0 Å². The van der Waals surface area contributed by atoms with Crippen LogP contribution in [0.1, 0.15) is 28.8 Å². The van der Waals surface area contributed by atoms with Crippen molar-refractivity contribution in [3.63, 3.8) is 0 Å². The highest BCUT2D eigenvalue weighted by atomic mass is 32.2. The second kappa shape index (κ2) is 15.9. The van der Waals surface area contributed by atoms with Crippen molar-refractivity contribution in [1.29, 1.82) is 0 Å². The van der Waals surface area contributed by atoms with Crippen molar-refractivity contribution in [1.82, 2.24) is 19.8 Å². The molecule has 240 valence electrons. The molecule has 1 aromatic carbocycles. The van der Waals surface area contributed by atoms with E-state index < -0.39 is 27.7 Å². The highest BCUT2D eigenvalue weighted by Gasteiger charge is 2.31. The van der Waals surface area contributed by atoms with E-state index in [9.17, 15) is 31.5 Å². The summed E-state index contributed by atoms with van der Waals surface area (Å²) in [6.07, 6.45) is 6.50. The van der Waals surface area contributed by atoms with Gasteiger partial charge < -0.3 is 25.0 Å². The van der Waals surface area contributed by atoms with Crippen LogP contribution in [0.15, 0.2) is 84.3 Å². The van der Waals surface area contributed by atoms with Crippen LogP contribution in [0, 0.1) is 0 Å². The number of nitrogens with one attached hydrogen (secondary N) is 2. The molecular weight excluding hydrogens is 597 g/mol. The normalized spacial score (nSPS) is 17.2. The molecule has 0 spiro atoms. The first-order valence-corrected chi connectivity index (χ1v) is 15.9. The average molecular weight is 637 g/mol. The van der Waals surface area contributed by atoms with E-state index >= 15 is 0 Å². The van der Waals surface area contributed by atoms with Gasteiger partial charge in [-0.3, -0.25) is 9.52 Å². The summed E-state index contributed by atoms with van der Waals surface area (Å²) in [7, 11) is -1.52. The molecule has 1 fully saturated rings. The van der Waals surface area contributed by atoms with Crippen LogP contribution < -0.4 is 14.8 Å². The molecular formula is C31H39F3N4O5S. The van der Waals surface area contributed by atoms with Crippen LogP contribution in [0.25, 0.3) is 5.57 Å². The maximum Gasteiger partial charge on any atom is 0.416 e. The fourth-order valence-electron chi connectivity index (χ4n) is 4.57. The quantitative estimate of drug-likeness (QED) is 0.224. The predicted molar refractivity (Wildman–Crippen MR) is 165 cm³/mol. The fourth-order valence-corrected chi connectivity index (χ4v) is 5.10. The largest absolute Gasteiger partial charge is 0.493 e. The van der Waals surface area contributed by atoms with Gasteiger partial charge in [0.05, 0.1) is 25.0 Å². The number of carbonyl (C=O) groups is 1. The van der Waals surface area contributed by atoms with Crippen LogP contribution in [0.5, 0.6) is 5.75 Å². The van der Waals surface area contributed by atoms with Crippen molar-refractivity contribution in [3.8, 4) is 5.75 Å². The first-order chi connectivity index (χ1) is 20.7. The Morgan fingerprint density at radius 3 is 2.55 bits per heavy atom. The number of amides is 1. The molecule has 0 saturated carbocycles. The second-order valence-corrected chi connectivity index (χ2v) is 12.2. The lowest BCUT2D eigenvalue weighted by atomic mass is 10.0. The zero-order chi connectivity index (χ0) is 32.3. The first kappa shape index (κ1) is 34.8. The van der Waals surface area contributed by atoms with E-state index in [0.29, 0.717) is 29.9 Å². The van der Waals surface area contributed by atoms with Gasteiger partial charge >= 0.3 is 6.18 Å². The maximum atomic E-state index is 13.3. The van der Waals surface area contributed by atoms with Crippen LogP contribution in [0.2, 0.25) is 0 Å². The summed E-state index contributed by atoms with van der Waals surface area (Å²) in [6, 6.07) is 4.67. The average Bonchev–Trinajstić information content (AvgIpc) is 3.20. The number of ether oxygens (including phenoxy) is 1. The Balaban J connectivity index is 1.84. The van der Waals surface area contributed by atoms with E-state index in [0.717, 1.165) is 51.1 Å². The van der Waals surface area contributed by atoms with E-state index in [2.05, 4.69) is 33.5 Å². The predicted octanol–water partition coefficient (Wildman–Crippen LogP) is 3.76. The van der Waals surface area contributed by atoms with Gasteiger partial charge in [0.25, 0.3) is 5.91 Å². The van der Waals surface area contributed by atoms with Crippen molar-refractivity contribution < 1.29 is 36.2 Å². The Labute approximate surface area is 256 Å². The molecule has 44 heavy (non-hydrogen) atoms. The molecule has 1 aromatic rings. The summed E-state index contributed by atoms with van der Waals surface area (Å²) in [5.74, 6) is -0.229. The van der Waals surface area contributed by atoms with Crippen LogP contribution in [-0.2, 0) is 10.0 Å². The monoisotopic (exact) mass is 636 g/mol. The Morgan fingerprint density at radius 1 is 1.16 bits per heavy atom. The zero-order valence-corrected chi connectivity index (χ0v) is 25.7. The third-order valence-electron chi connectivity index (χ3n) is 6.78. The number of halogens is 3. The molecule has 9 nitrogen and oxygen atoms in total. The smallest absolute Gasteiger partial charge is 0.416 e. The van der Waals surface area contributed by atoms with Crippen LogP contribution >= 0.6 is 0 Å². The van der Waals surface area contributed by atoms with Crippen molar-refractivity contribution >= 4 is 21.5 Å². The zero-order valence-electron chi connectivity index (χ0n) is 24.9. The van der Waals surface area contributed by atoms with E-state index in [4.69, 9.17) is 4.74 Å². The lowest BCUT2D eigenvalue weighted by Gasteiger charge is -2.32. The molecule has 0 radical (unpaired) electrons. The number of benzene rings is 1. The Kier molecular flexibility index (Phi) is 12.6. The van der Waals surface area contributed by atoms with Gasteiger partial charge in [-0.1, -0.05) is 30.9 Å². The van der Waals surface area contributed by atoms with E-state index in [1.807, 2.05) is 0 Å². The number of carbonyl (C=O) groups excluding carboxylic acids is 1. The summed E-state index contributed by atoms with van der Waals surface area (Å²) in [6.45, 7) is 8.33. The number of likely N-dealkylation sites (N-methyl/N-ethyl adjacent to an activating group) is 1. The van der Waals surface area contributed by atoms with E-state index in [1.54, 1.807) is 12.1 Å². The highest BCUT2D eigenvalue weighted by Crippen LogP contribution is 2.34. The van der Waals surface area contributed by atoms with Crippen LogP contribution in [0.4, 0.5) is 13.2 Å². The summed E-state index contributed by atoms with van der Waals surface area (Å²) in [4.78, 5) is 17.9. The molecule has 0 aromatic heterocycles. The summed E-state index contributed by atoms with van der Waals surface area (Å²) >= 11 is 0. The van der Waals surface area contributed by atoms with Crippen molar-refractivity contribution in [2.45, 2.75) is 19.0 Å². The third kappa shape index (κ3) is 11.5. The van der Waals surface area contributed by atoms with Gasteiger partial charge in [0.15, 0.2) is 0 Å². The number of piperazine rings is 1. The molecule has 3 rings (SSSR count). The lowest BCUT2D eigenvalue weighted by molar-refractivity contribution is -0.0883. The number of rotatable bonds is 13. The third-order valence-corrected chi connectivity index (χ3v) is 7.41. The molecule has 3 N–H and O–H groups in total. The Morgan fingerprint density at radius 2 is 1.89 bits per heavy atom. The molecule has 0 unspecified atom stereocenters. The summed E-state index contributed by atoms with van der Waals surface area (Å²) in [5, 5.41) is 11.9. The van der Waals surface area contributed by atoms with Crippen molar-refractivity contribution in [2.24, 2.45) is 0 Å². The number of sulfonamides is 1. The van der Waals surface area contributed by atoms with E-state index in [-0.39, 0.29) is 30.0 Å². The summed E-state index contributed by atoms with van der Waals surface area (Å²) in [5.41, 5.74) is 0.664. The van der Waals surface area contributed by atoms with Crippen molar-refractivity contribution in [3.05, 3.63) is 95.4 Å². The number of nitrogens with zero attached hydrogens (tertiary/aromatic N) is 2. The molecule has 0 atom stereocenters. The number of alkyl halides is 3. The van der Waals surface area contributed by atoms with Gasteiger partial charge in [0, 0.05) is 55.2 Å². The molecule has 0 bridgehead atoms. The lowest BCUT2D eigenvalue weighted by Crippen LogP contribution is -2.44. The minimum absolute atomic E-state index is 0.0102. The molecule has 1 saturated heterocycles. The van der Waals surface area contributed by atoms with E-state index in [1.165, 1.54) is 36.4 Å². The Hall–Kier alpha value is -3.65. The Bertz CT molecular complexity index is 1450. The first-order valence-electron chi connectivity index (χ1n) is 14.1. The van der Waals surface area contributed by atoms with Gasteiger partial charge in [-0.2, -0.15) is 13.2 Å². The molecule has 1 heterocycles. The number of aliphatic hydroxyl groups is 1. The molecule has 1 aliphatic heterocycles. The van der Waals surface area contributed by atoms with Gasteiger partial charge in [-0.15, -0.1) is 0 Å². The number of allylic oxidation sites excluding steroid dienone is 8. The SMILES string of the molecule is C=C(/C=C(\C=C/CO)NC(=O)c1ccc(C2=CCC=C(C(F)(F)F)C=C2)c(OCCCN2CCN(C)CC2)c1)NS(C)(=O)=O. The minimum Gasteiger partial charge on any atom is -0.493 e. The molecule has 2 aliphatic rings. The fraction of sp³-hybridized carbons (Fsp3) is 0.387. The topological polar surface area (TPSA) is 111 Å².